The Morgan fingerprint density at radius 2 is 1.31 bits per heavy atom. The summed E-state index contributed by atoms with van der Waals surface area (Å²) in [6.45, 7) is 3.02. The molecule has 1 amide bonds. The molecule has 0 bridgehead atoms. The van der Waals surface area contributed by atoms with Gasteiger partial charge in [0.05, 0.1) is 5.56 Å². The van der Waals surface area contributed by atoms with E-state index in [1.807, 2.05) is 12.2 Å². The van der Waals surface area contributed by atoms with E-state index in [4.69, 9.17) is 4.74 Å². The normalized spacial score (nSPS) is 12.2. The number of nitrogens with one attached hydrogen (secondary N) is 2. The minimum Gasteiger partial charge on any atom is -0.426 e. The number of ether oxygens (including phenoxy) is 1. The van der Waals surface area contributed by atoms with Crippen molar-refractivity contribution in [2.45, 2.75) is 58.3 Å². The van der Waals surface area contributed by atoms with Crippen LogP contribution < -0.4 is 15.4 Å². The lowest BCUT2D eigenvalue weighted by atomic mass is 10.0. The van der Waals surface area contributed by atoms with Crippen LogP contribution in [0.4, 0.5) is 8.78 Å². The first kappa shape index (κ1) is 36.8. The summed E-state index contributed by atoms with van der Waals surface area (Å²) < 4.78 is 33.3. The molecule has 0 unspecified atom stereocenters. The Labute approximate surface area is 267 Å². The fourth-order valence-corrected chi connectivity index (χ4v) is 4.10. The first-order valence-corrected chi connectivity index (χ1v) is 15.6. The number of carbonyl (C=O) groups excluding carboxylic acids is 2. The van der Waals surface area contributed by atoms with Crippen LogP contribution in [-0.4, -0.2) is 32.0 Å². The highest BCUT2D eigenvalue weighted by atomic mass is 19.1. The van der Waals surface area contributed by atoms with E-state index in [0.29, 0.717) is 25.1 Å². The lowest BCUT2D eigenvalue weighted by Crippen LogP contribution is -2.30. The Kier molecular flexibility index (Phi) is 18.9. The fourth-order valence-electron chi connectivity index (χ4n) is 4.10. The molecule has 0 radical (unpaired) electrons. The number of likely N-dealkylation sites (N-methyl/N-ethyl adjacent to an activating group) is 1. The van der Waals surface area contributed by atoms with E-state index >= 15 is 0 Å². The first-order valence-electron chi connectivity index (χ1n) is 15.6. The van der Waals surface area contributed by atoms with Crippen LogP contribution in [0.5, 0.6) is 5.75 Å². The Balaban J connectivity index is 1.78. The van der Waals surface area contributed by atoms with Crippen molar-refractivity contribution in [3.05, 3.63) is 127 Å². The average molecular weight is 617 g/mol. The van der Waals surface area contributed by atoms with Gasteiger partial charge in [-0.05, 0) is 81.8 Å². The number of hydrogen-bond acceptors (Lipinski definition) is 4. The first-order chi connectivity index (χ1) is 22.0. The van der Waals surface area contributed by atoms with E-state index in [9.17, 15) is 18.4 Å². The topological polar surface area (TPSA) is 67.4 Å². The van der Waals surface area contributed by atoms with Crippen LogP contribution in [0.1, 0.15) is 68.6 Å². The summed E-state index contributed by atoms with van der Waals surface area (Å²) in [6, 6.07) is 7.67. The second-order valence-electron chi connectivity index (χ2n) is 10.1. The molecule has 0 aliphatic carbocycles. The van der Waals surface area contributed by atoms with Crippen molar-refractivity contribution in [2.24, 2.45) is 0 Å². The minimum atomic E-state index is -0.752. The van der Waals surface area contributed by atoms with Gasteiger partial charge in [-0.15, -0.1) is 0 Å². The van der Waals surface area contributed by atoms with Gasteiger partial charge in [-0.3, -0.25) is 9.59 Å². The van der Waals surface area contributed by atoms with Crippen molar-refractivity contribution in [1.29, 1.82) is 0 Å². The summed E-state index contributed by atoms with van der Waals surface area (Å²) in [5.74, 6) is -2.32. The van der Waals surface area contributed by atoms with Crippen molar-refractivity contribution in [3.63, 3.8) is 0 Å². The third-order valence-electron chi connectivity index (χ3n) is 6.46. The molecule has 2 aromatic carbocycles. The molecule has 0 atom stereocenters. The van der Waals surface area contributed by atoms with Gasteiger partial charge in [-0.1, -0.05) is 85.9 Å². The van der Waals surface area contributed by atoms with Gasteiger partial charge in [0.1, 0.15) is 17.4 Å². The summed E-state index contributed by atoms with van der Waals surface area (Å²) >= 11 is 0. The molecule has 45 heavy (non-hydrogen) atoms. The van der Waals surface area contributed by atoms with E-state index in [1.165, 1.54) is 24.3 Å². The van der Waals surface area contributed by atoms with Crippen LogP contribution in [0.3, 0.4) is 0 Å². The third kappa shape index (κ3) is 15.8. The molecule has 0 aliphatic heterocycles. The molecule has 7 heteroatoms. The van der Waals surface area contributed by atoms with Crippen molar-refractivity contribution >= 4 is 11.9 Å². The lowest BCUT2D eigenvalue weighted by Gasteiger charge is -2.13. The van der Waals surface area contributed by atoms with Crippen LogP contribution in [0.25, 0.3) is 11.1 Å². The van der Waals surface area contributed by atoms with Crippen LogP contribution in [0.15, 0.2) is 109 Å². The predicted octanol–water partition coefficient (Wildman–Crippen LogP) is 8.96. The number of hydrogen-bond donors (Lipinski definition) is 2. The van der Waals surface area contributed by atoms with E-state index in [-0.39, 0.29) is 23.3 Å². The van der Waals surface area contributed by atoms with Crippen LogP contribution >= 0.6 is 0 Å². The molecule has 2 rings (SSSR count). The average Bonchev–Trinajstić information content (AvgIpc) is 3.02. The third-order valence-corrected chi connectivity index (χ3v) is 6.46. The van der Waals surface area contributed by atoms with E-state index in [1.54, 1.807) is 7.05 Å². The number of rotatable bonds is 20. The van der Waals surface area contributed by atoms with Gasteiger partial charge in [0.2, 0.25) is 0 Å². The number of halogens is 2. The van der Waals surface area contributed by atoms with E-state index in [2.05, 4.69) is 78.3 Å². The fraction of sp³-hybridized carbons (Fsp3) is 0.316. The standard InChI is InChI=1S/C38H46F2N2O3/c1-3-4-5-6-7-8-9-10-11-12-13-14-15-16-17-18-19-20-21-22-37(43)45-36-26-23-31(33-25-24-32(39)30-35(33)40)29-34(36)38(44)42-28-27-41-2/h4-5,7-8,10-11,13-14,16-17,19-20,23-26,29-30,41H,3,6,9,12,15,18,21-22,27-28H2,1-2H3,(H,42,44)/b5-4-,8-7-,11-10-,14-13-,17-16-,20-19-. The Morgan fingerprint density at radius 1 is 0.733 bits per heavy atom. The highest BCUT2D eigenvalue weighted by Crippen LogP contribution is 2.29. The molecule has 2 N–H and O–H groups in total. The Morgan fingerprint density at radius 3 is 1.87 bits per heavy atom. The highest BCUT2D eigenvalue weighted by molar-refractivity contribution is 5.99. The monoisotopic (exact) mass is 616 g/mol. The maximum Gasteiger partial charge on any atom is 0.311 e. The zero-order chi connectivity index (χ0) is 32.5. The van der Waals surface area contributed by atoms with Gasteiger partial charge in [0, 0.05) is 31.1 Å². The van der Waals surface area contributed by atoms with Crippen molar-refractivity contribution in [1.82, 2.24) is 10.6 Å². The van der Waals surface area contributed by atoms with Crippen molar-refractivity contribution in [2.75, 3.05) is 20.1 Å². The number of benzene rings is 2. The second-order valence-corrected chi connectivity index (χ2v) is 10.1. The highest BCUT2D eigenvalue weighted by Gasteiger charge is 2.18. The van der Waals surface area contributed by atoms with Gasteiger partial charge in [0.25, 0.3) is 5.91 Å². The van der Waals surface area contributed by atoms with Crippen molar-refractivity contribution < 1.29 is 23.1 Å². The molecule has 0 fully saturated rings. The van der Waals surface area contributed by atoms with Crippen molar-refractivity contribution in [3.8, 4) is 16.9 Å². The van der Waals surface area contributed by atoms with Gasteiger partial charge >= 0.3 is 5.97 Å². The van der Waals surface area contributed by atoms with Crippen LogP contribution in [0.2, 0.25) is 0 Å². The van der Waals surface area contributed by atoms with Gasteiger partial charge in [0.15, 0.2) is 0 Å². The molecule has 240 valence electrons. The molecule has 0 aliphatic rings. The summed E-state index contributed by atoms with van der Waals surface area (Å²) in [4.78, 5) is 25.4. The lowest BCUT2D eigenvalue weighted by molar-refractivity contribution is -0.134. The molecule has 0 saturated heterocycles. The molecule has 0 spiro atoms. The summed E-state index contributed by atoms with van der Waals surface area (Å²) in [5.41, 5.74) is 0.592. The van der Waals surface area contributed by atoms with Crippen LogP contribution in [-0.2, 0) is 4.79 Å². The zero-order valence-corrected chi connectivity index (χ0v) is 26.4. The van der Waals surface area contributed by atoms with Gasteiger partial charge < -0.3 is 15.4 Å². The van der Waals surface area contributed by atoms with E-state index in [0.717, 1.165) is 50.7 Å². The maximum atomic E-state index is 14.4. The quantitative estimate of drug-likeness (QED) is 0.0675. The second kappa shape index (κ2) is 23.1. The van der Waals surface area contributed by atoms with Crippen LogP contribution in [0, 0.1) is 11.6 Å². The molecular formula is C38H46F2N2O3. The summed E-state index contributed by atoms with van der Waals surface area (Å²) in [7, 11) is 1.76. The predicted molar refractivity (Wildman–Crippen MR) is 181 cm³/mol. The molecule has 0 aromatic heterocycles. The smallest absolute Gasteiger partial charge is 0.311 e. The molecule has 0 saturated carbocycles. The SMILES string of the molecule is CC/C=C\C/C=C\C/C=C\C/C=C\C/C=C\C/C=C\CCC(=O)Oc1ccc(-c2ccc(F)cc2F)cc1C(=O)NCCNC. The maximum absolute atomic E-state index is 14.4. The number of amides is 1. The minimum absolute atomic E-state index is 0.0796. The zero-order valence-electron chi connectivity index (χ0n) is 26.4. The molecular weight excluding hydrogens is 570 g/mol. The molecule has 0 heterocycles. The number of allylic oxidation sites excluding steroid dienone is 12. The van der Waals surface area contributed by atoms with E-state index < -0.39 is 23.5 Å². The molecule has 2 aromatic rings. The summed E-state index contributed by atoms with van der Waals surface area (Å²) in [6.07, 6.45) is 31.7. The number of carbonyl (C=O) groups is 2. The largest absolute Gasteiger partial charge is 0.426 e. The van der Waals surface area contributed by atoms with Gasteiger partial charge in [-0.2, -0.15) is 0 Å². The number of esters is 1. The molecule has 5 nitrogen and oxygen atoms in total. The Bertz CT molecular complexity index is 1370. The Hall–Kier alpha value is -4.36. The summed E-state index contributed by atoms with van der Waals surface area (Å²) in [5, 5.41) is 5.68. The van der Waals surface area contributed by atoms with Gasteiger partial charge in [-0.25, -0.2) is 8.78 Å².